The Bertz CT molecular complexity index is 467. The van der Waals surface area contributed by atoms with Crippen LogP contribution in [0.3, 0.4) is 0 Å². The number of urea groups is 1. The Labute approximate surface area is 130 Å². The van der Waals surface area contributed by atoms with E-state index in [4.69, 9.17) is 0 Å². The maximum absolute atomic E-state index is 12.6. The molecule has 2 saturated heterocycles. The van der Waals surface area contributed by atoms with Crippen molar-refractivity contribution in [1.29, 1.82) is 0 Å². The van der Waals surface area contributed by atoms with Crippen molar-refractivity contribution in [2.75, 3.05) is 32.7 Å². The van der Waals surface area contributed by atoms with Crippen molar-refractivity contribution < 1.29 is 14.4 Å². The van der Waals surface area contributed by atoms with Crippen LogP contribution >= 0.6 is 0 Å². The number of imide groups is 1. The number of amides is 4. The lowest BCUT2D eigenvalue weighted by atomic mass is 9.82. The van der Waals surface area contributed by atoms with E-state index in [0.29, 0.717) is 13.1 Å². The monoisotopic (exact) mass is 308 g/mol. The molecule has 7 heteroatoms. The lowest BCUT2D eigenvalue weighted by Crippen LogP contribution is -2.49. The number of piperazine rings is 1. The number of hydrogen-bond acceptors (Lipinski definition) is 4. The Hall–Kier alpha value is -1.63. The van der Waals surface area contributed by atoms with E-state index in [1.54, 1.807) is 4.90 Å². The van der Waals surface area contributed by atoms with Gasteiger partial charge in [0.25, 0.3) is 5.91 Å². The summed E-state index contributed by atoms with van der Waals surface area (Å²) in [6, 6.07) is -0.333. The Morgan fingerprint density at radius 2 is 1.77 bits per heavy atom. The van der Waals surface area contributed by atoms with Crippen LogP contribution in [0.2, 0.25) is 0 Å². The molecule has 122 valence electrons. The van der Waals surface area contributed by atoms with E-state index in [-0.39, 0.29) is 30.8 Å². The molecule has 2 heterocycles. The van der Waals surface area contributed by atoms with Crippen molar-refractivity contribution in [3.05, 3.63) is 0 Å². The molecule has 0 aromatic heterocycles. The standard InChI is InChI=1S/C15H24N4O3/c20-12(18-10-7-16-8-11-18)4-9-19-13(21)15(17-14(19)22)5-2-1-3-6-15/h16H,1-11H2,(H,17,22). The molecule has 1 spiro atoms. The summed E-state index contributed by atoms with van der Waals surface area (Å²) in [7, 11) is 0. The number of nitrogens with zero attached hydrogens (tertiary/aromatic N) is 2. The fraction of sp³-hybridized carbons (Fsp3) is 0.800. The Morgan fingerprint density at radius 1 is 1.09 bits per heavy atom. The van der Waals surface area contributed by atoms with E-state index in [0.717, 1.165) is 45.2 Å². The molecule has 3 rings (SSSR count). The zero-order valence-corrected chi connectivity index (χ0v) is 12.9. The van der Waals surface area contributed by atoms with E-state index in [1.165, 1.54) is 4.90 Å². The summed E-state index contributed by atoms with van der Waals surface area (Å²) in [5.41, 5.74) is -0.687. The van der Waals surface area contributed by atoms with Crippen LogP contribution in [-0.2, 0) is 9.59 Å². The van der Waals surface area contributed by atoms with Crippen LogP contribution in [-0.4, -0.2) is 65.9 Å². The summed E-state index contributed by atoms with van der Waals surface area (Å²) >= 11 is 0. The maximum Gasteiger partial charge on any atom is 0.325 e. The van der Waals surface area contributed by atoms with Crippen LogP contribution in [0.5, 0.6) is 0 Å². The quantitative estimate of drug-likeness (QED) is 0.723. The van der Waals surface area contributed by atoms with Gasteiger partial charge in [-0.3, -0.25) is 14.5 Å². The Balaban J connectivity index is 1.57. The van der Waals surface area contributed by atoms with E-state index in [2.05, 4.69) is 10.6 Å². The Morgan fingerprint density at radius 3 is 2.45 bits per heavy atom. The molecule has 1 saturated carbocycles. The second-order valence-corrected chi connectivity index (χ2v) is 6.41. The molecule has 0 bridgehead atoms. The van der Waals surface area contributed by atoms with Gasteiger partial charge in [-0.2, -0.15) is 0 Å². The van der Waals surface area contributed by atoms with Gasteiger partial charge >= 0.3 is 6.03 Å². The van der Waals surface area contributed by atoms with Gasteiger partial charge < -0.3 is 15.5 Å². The third kappa shape index (κ3) is 2.82. The van der Waals surface area contributed by atoms with Crippen molar-refractivity contribution in [3.63, 3.8) is 0 Å². The van der Waals surface area contributed by atoms with Crippen LogP contribution in [0.1, 0.15) is 38.5 Å². The molecular weight excluding hydrogens is 284 g/mol. The molecule has 22 heavy (non-hydrogen) atoms. The molecule has 3 aliphatic rings. The highest BCUT2D eigenvalue weighted by Gasteiger charge is 2.51. The first-order valence-electron chi connectivity index (χ1n) is 8.25. The number of nitrogens with one attached hydrogen (secondary N) is 2. The van der Waals surface area contributed by atoms with E-state index < -0.39 is 5.54 Å². The first-order chi connectivity index (χ1) is 10.6. The lowest BCUT2D eigenvalue weighted by molar-refractivity contribution is -0.134. The highest BCUT2D eigenvalue weighted by atomic mass is 16.2. The van der Waals surface area contributed by atoms with Gasteiger partial charge in [0.05, 0.1) is 0 Å². The average molecular weight is 308 g/mol. The SMILES string of the molecule is O=C(CCN1C(=O)NC2(CCCCC2)C1=O)N1CCNCC1. The first kappa shape index (κ1) is 15.3. The van der Waals surface area contributed by atoms with Crippen molar-refractivity contribution in [2.45, 2.75) is 44.1 Å². The van der Waals surface area contributed by atoms with Gasteiger partial charge in [0.15, 0.2) is 0 Å². The fourth-order valence-electron chi connectivity index (χ4n) is 3.65. The molecule has 3 fully saturated rings. The molecule has 0 radical (unpaired) electrons. The van der Waals surface area contributed by atoms with Crippen LogP contribution in [0.4, 0.5) is 4.79 Å². The van der Waals surface area contributed by atoms with E-state index in [1.807, 2.05) is 0 Å². The van der Waals surface area contributed by atoms with E-state index >= 15 is 0 Å². The molecule has 2 aliphatic heterocycles. The molecule has 0 aromatic rings. The zero-order chi connectivity index (χ0) is 15.6. The number of hydrogen-bond donors (Lipinski definition) is 2. The van der Waals surface area contributed by atoms with Crippen LogP contribution in [0, 0.1) is 0 Å². The molecule has 0 atom stereocenters. The molecule has 4 amide bonds. The molecule has 0 aromatic carbocycles. The largest absolute Gasteiger partial charge is 0.340 e. The average Bonchev–Trinajstić information content (AvgIpc) is 2.77. The summed E-state index contributed by atoms with van der Waals surface area (Å²) in [4.78, 5) is 39.9. The molecule has 0 unspecified atom stereocenters. The van der Waals surface area contributed by atoms with E-state index in [9.17, 15) is 14.4 Å². The van der Waals surface area contributed by atoms with Crippen molar-refractivity contribution >= 4 is 17.8 Å². The van der Waals surface area contributed by atoms with Gasteiger partial charge in [-0.1, -0.05) is 19.3 Å². The minimum Gasteiger partial charge on any atom is -0.340 e. The summed E-state index contributed by atoms with van der Waals surface area (Å²) in [6.07, 6.45) is 4.72. The topological polar surface area (TPSA) is 81.8 Å². The van der Waals surface area contributed by atoms with Gasteiger partial charge in [0, 0.05) is 39.1 Å². The highest BCUT2D eigenvalue weighted by Crippen LogP contribution is 2.33. The minimum absolute atomic E-state index is 0.0201. The molecule has 7 nitrogen and oxygen atoms in total. The second-order valence-electron chi connectivity index (χ2n) is 6.41. The van der Waals surface area contributed by atoms with Gasteiger partial charge in [0.2, 0.25) is 5.91 Å². The summed E-state index contributed by atoms with van der Waals surface area (Å²) in [5.74, 6) is -0.114. The van der Waals surface area contributed by atoms with Gasteiger partial charge in [-0.25, -0.2) is 4.79 Å². The van der Waals surface area contributed by atoms with Gasteiger partial charge in [-0.15, -0.1) is 0 Å². The lowest BCUT2D eigenvalue weighted by Gasteiger charge is -2.30. The molecular formula is C15H24N4O3. The van der Waals surface area contributed by atoms with Crippen LogP contribution in [0.15, 0.2) is 0 Å². The molecule has 2 N–H and O–H groups in total. The minimum atomic E-state index is -0.687. The van der Waals surface area contributed by atoms with Crippen molar-refractivity contribution in [2.24, 2.45) is 0 Å². The predicted octanol–water partition coefficient (Wildman–Crippen LogP) is 0.0630. The number of rotatable bonds is 3. The second kappa shape index (κ2) is 6.24. The maximum atomic E-state index is 12.6. The summed E-state index contributed by atoms with van der Waals surface area (Å²) in [5, 5.41) is 6.07. The van der Waals surface area contributed by atoms with Crippen LogP contribution < -0.4 is 10.6 Å². The predicted molar refractivity (Wildman–Crippen MR) is 80.1 cm³/mol. The fourth-order valence-corrected chi connectivity index (χ4v) is 3.65. The number of carbonyl (C=O) groups is 3. The van der Waals surface area contributed by atoms with Gasteiger partial charge in [-0.05, 0) is 12.8 Å². The first-order valence-corrected chi connectivity index (χ1v) is 8.25. The summed E-state index contributed by atoms with van der Waals surface area (Å²) < 4.78 is 0. The van der Waals surface area contributed by atoms with Gasteiger partial charge in [0.1, 0.15) is 5.54 Å². The Kier molecular flexibility index (Phi) is 4.33. The highest BCUT2D eigenvalue weighted by molar-refractivity contribution is 6.07. The van der Waals surface area contributed by atoms with Crippen molar-refractivity contribution in [3.8, 4) is 0 Å². The zero-order valence-electron chi connectivity index (χ0n) is 12.9. The third-order valence-corrected chi connectivity index (χ3v) is 4.97. The normalized spacial score (nSPS) is 24.7. The summed E-state index contributed by atoms with van der Waals surface area (Å²) in [6.45, 7) is 3.19. The number of carbonyl (C=O) groups excluding carboxylic acids is 3. The van der Waals surface area contributed by atoms with Crippen LogP contribution in [0.25, 0.3) is 0 Å². The van der Waals surface area contributed by atoms with Crippen molar-refractivity contribution in [1.82, 2.24) is 20.4 Å². The smallest absolute Gasteiger partial charge is 0.325 e. The third-order valence-electron chi connectivity index (χ3n) is 4.97. The molecule has 1 aliphatic carbocycles.